The first-order valence-electron chi connectivity index (χ1n) is 7.10. The molecule has 0 spiro atoms. The number of benzene rings is 2. The van der Waals surface area contributed by atoms with Crippen molar-refractivity contribution >= 4 is 17.3 Å². The van der Waals surface area contributed by atoms with Gasteiger partial charge in [0.2, 0.25) is 0 Å². The van der Waals surface area contributed by atoms with E-state index in [1.165, 1.54) is 11.6 Å². The number of thiocarbonyl (C=S) groups is 1. The average Bonchev–Trinajstić information content (AvgIpc) is 2.52. The maximum absolute atomic E-state index is 9.50. The zero-order valence-corrected chi connectivity index (χ0v) is 13.3. The Hall–Kier alpha value is -2.27. The molecule has 0 atom stereocenters. The minimum Gasteiger partial charge on any atom is -0.504 e. The summed E-state index contributed by atoms with van der Waals surface area (Å²) in [6.45, 7) is 1.33. The Morgan fingerprint density at radius 3 is 2.45 bits per heavy atom. The zero-order chi connectivity index (χ0) is 15.9. The van der Waals surface area contributed by atoms with Crippen LogP contribution in [-0.4, -0.2) is 33.8 Å². The van der Waals surface area contributed by atoms with E-state index in [9.17, 15) is 10.2 Å². The quantitative estimate of drug-likeness (QED) is 0.585. The van der Waals surface area contributed by atoms with Gasteiger partial charge < -0.3 is 20.4 Å². The molecule has 0 saturated heterocycles. The molecule has 5 heteroatoms. The molecule has 2 aromatic rings. The number of nitrogens with one attached hydrogen (secondary N) is 1. The summed E-state index contributed by atoms with van der Waals surface area (Å²) < 4.78 is 0. The van der Waals surface area contributed by atoms with E-state index in [1.54, 1.807) is 12.1 Å². The Kier molecular flexibility index (Phi) is 5.61. The number of nitrogens with zero attached hydrogens (tertiary/aromatic N) is 1. The second-order valence-corrected chi connectivity index (χ2v) is 5.53. The highest BCUT2D eigenvalue weighted by Crippen LogP contribution is 2.25. The van der Waals surface area contributed by atoms with Crippen molar-refractivity contribution in [2.45, 2.75) is 13.0 Å². The van der Waals surface area contributed by atoms with Crippen molar-refractivity contribution in [1.82, 2.24) is 10.2 Å². The van der Waals surface area contributed by atoms with E-state index in [-0.39, 0.29) is 11.5 Å². The predicted octanol–water partition coefficient (Wildman–Crippen LogP) is 2.65. The van der Waals surface area contributed by atoms with Crippen molar-refractivity contribution in [2.24, 2.45) is 0 Å². The molecule has 0 aromatic heterocycles. The summed E-state index contributed by atoms with van der Waals surface area (Å²) in [7, 11) is 1.89. The molecule has 3 N–H and O–H groups in total. The van der Waals surface area contributed by atoms with Crippen LogP contribution in [0.3, 0.4) is 0 Å². The van der Waals surface area contributed by atoms with Crippen molar-refractivity contribution in [3.05, 3.63) is 59.7 Å². The molecule has 0 amide bonds. The Morgan fingerprint density at radius 2 is 1.77 bits per heavy atom. The van der Waals surface area contributed by atoms with E-state index < -0.39 is 0 Å². The van der Waals surface area contributed by atoms with Crippen LogP contribution in [0.2, 0.25) is 0 Å². The van der Waals surface area contributed by atoms with Crippen LogP contribution in [0.25, 0.3) is 0 Å². The van der Waals surface area contributed by atoms with E-state index in [1.807, 2.05) is 30.1 Å². The number of rotatable bonds is 5. The summed E-state index contributed by atoms with van der Waals surface area (Å²) >= 11 is 5.35. The Labute approximate surface area is 136 Å². The van der Waals surface area contributed by atoms with Crippen LogP contribution in [0.1, 0.15) is 11.1 Å². The number of phenols is 2. The Bertz CT molecular complexity index is 632. The van der Waals surface area contributed by atoms with Crippen LogP contribution in [0.5, 0.6) is 11.5 Å². The van der Waals surface area contributed by atoms with Gasteiger partial charge in [0.05, 0.1) is 0 Å². The van der Waals surface area contributed by atoms with Gasteiger partial charge in [0.15, 0.2) is 16.6 Å². The van der Waals surface area contributed by atoms with E-state index in [2.05, 4.69) is 17.4 Å². The smallest absolute Gasteiger partial charge is 0.168 e. The lowest BCUT2D eigenvalue weighted by Gasteiger charge is -2.21. The van der Waals surface area contributed by atoms with Crippen molar-refractivity contribution < 1.29 is 10.2 Å². The minimum atomic E-state index is -0.117. The first-order valence-corrected chi connectivity index (χ1v) is 7.51. The fourth-order valence-corrected chi connectivity index (χ4v) is 2.27. The highest BCUT2D eigenvalue weighted by Gasteiger charge is 2.07. The third-order valence-corrected chi connectivity index (χ3v) is 3.80. The SMILES string of the molecule is CN(Cc1ccc(O)c(O)c1)C(=S)NCCc1ccccc1. The summed E-state index contributed by atoms with van der Waals surface area (Å²) in [5.74, 6) is -0.233. The Balaban J connectivity index is 1.80. The maximum atomic E-state index is 9.50. The highest BCUT2D eigenvalue weighted by molar-refractivity contribution is 7.80. The molecule has 2 rings (SSSR count). The standard InChI is InChI=1S/C17H20N2O2S/c1-19(12-14-7-8-15(20)16(21)11-14)17(22)18-10-9-13-5-3-2-4-6-13/h2-8,11,20-21H,9-10,12H2,1H3,(H,18,22). The number of phenolic OH excluding ortho intramolecular Hbond substituents is 2. The molecule has 0 heterocycles. The number of hydrogen-bond acceptors (Lipinski definition) is 3. The van der Waals surface area contributed by atoms with Gasteiger partial charge in [0, 0.05) is 20.1 Å². The topological polar surface area (TPSA) is 55.7 Å². The van der Waals surface area contributed by atoms with Crippen molar-refractivity contribution in [1.29, 1.82) is 0 Å². The lowest BCUT2D eigenvalue weighted by atomic mass is 10.1. The summed E-state index contributed by atoms with van der Waals surface area (Å²) in [6, 6.07) is 15.0. The minimum absolute atomic E-state index is 0.116. The van der Waals surface area contributed by atoms with Gasteiger partial charge >= 0.3 is 0 Å². The second kappa shape index (κ2) is 7.66. The molecule has 0 radical (unpaired) electrons. The van der Waals surface area contributed by atoms with Crippen LogP contribution < -0.4 is 5.32 Å². The van der Waals surface area contributed by atoms with Gasteiger partial charge in [0.1, 0.15) is 0 Å². The first kappa shape index (κ1) is 16.1. The molecule has 0 aliphatic rings. The van der Waals surface area contributed by atoms with Gasteiger partial charge in [-0.15, -0.1) is 0 Å². The fourth-order valence-electron chi connectivity index (χ4n) is 2.11. The molecule has 0 aliphatic heterocycles. The van der Waals surface area contributed by atoms with Crippen molar-refractivity contribution in [2.75, 3.05) is 13.6 Å². The van der Waals surface area contributed by atoms with E-state index in [4.69, 9.17) is 12.2 Å². The molecule has 0 saturated carbocycles. The molecular formula is C17H20N2O2S. The fraction of sp³-hybridized carbons (Fsp3) is 0.235. The summed E-state index contributed by atoms with van der Waals surface area (Å²) in [5.41, 5.74) is 2.15. The summed E-state index contributed by atoms with van der Waals surface area (Å²) in [4.78, 5) is 1.89. The van der Waals surface area contributed by atoms with Gasteiger partial charge in [-0.05, 0) is 41.9 Å². The zero-order valence-electron chi connectivity index (χ0n) is 12.5. The maximum Gasteiger partial charge on any atom is 0.168 e. The van der Waals surface area contributed by atoms with Crippen LogP contribution in [-0.2, 0) is 13.0 Å². The molecule has 2 aromatic carbocycles. The molecular weight excluding hydrogens is 296 g/mol. The summed E-state index contributed by atoms with van der Waals surface area (Å²) in [6.07, 6.45) is 0.912. The monoisotopic (exact) mass is 316 g/mol. The van der Waals surface area contributed by atoms with Crippen LogP contribution in [0, 0.1) is 0 Å². The average molecular weight is 316 g/mol. The van der Waals surface area contributed by atoms with Crippen molar-refractivity contribution in [3.8, 4) is 11.5 Å². The van der Waals surface area contributed by atoms with E-state index in [0.29, 0.717) is 11.7 Å². The molecule has 0 fully saturated rings. The first-order chi connectivity index (χ1) is 10.6. The third kappa shape index (κ3) is 4.63. The van der Waals surface area contributed by atoms with Gasteiger partial charge in [-0.2, -0.15) is 0 Å². The normalized spacial score (nSPS) is 10.2. The molecule has 4 nitrogen and oxygen atoms in total. The van der Waals surface area contributed by atoms with Gasteiger partial charge in [-0.25, -0.2) is 0 Å². The molecule has 0 unspecified atom stereocenters. The lowest BCUT2D eigenvalue weighted by molar-refractivity contribution is 0.401. The Morgan fingerprint density at radius 1 is 1.05 bits per heavy atom. The van der Waals surface area contributed by atoms with Gasteiger partial charge in [0.25, 0.3) is 0 Å². The number of aromatic hydroxyl groups is 2. The predicted molar refractivity (Wildman–Crippen MR) is 92.0 cm³/mol. The molecule has 0 aliphatic carbocycles. The second-order valence-electron chi connectivity index (χ2n) is 5.15. The molecule has 0 bridgehead atoms. The third-order valence-electron chi connectivity index (χ3n) is 3.34. The number of hydrogen-bond donors (Lipinski definition) is 3. The van der Waals surface area contributed by atoms with E-state index in [0.717, 1.165) is 18.5 Å². The molecule has 22 heavy (non-hydrogen) atoms. The van der Waals surface area contributed by atoms with E-state index >= 15 is 0 Å². The van der Waals surface area contributed by atoms with Crippen LogP contribution >= 0.6 is 12.2 Å². The lowest BCUT2D eigenvalue weighted by Crippen LogP contribution is -2.37. The van der Waals surface area contributed by atoms with Crippen LogP contribution in [0.15, 0.2) is 48.5 Å². The summed E-state index contributed by atoms with van der Waals surface area (Å²) in [5, 5.41) is 22.7. The van der Waals surface area contributed by atoms with Gasteiger partial charge in [-0.3, -0.25) is 0 Å². The molecule has 116 valence electrons. The van der Waals surface area contributed by atoms with Gasteiger partial charge in [-0.1, -0.05) is 36.4 Å². The van der Waals surface area contributed by atoms with Crippen molar-refractivity contribution in [3.63, 3.8) is 0 Å². The largest absolute Gasteiger partial charge is 0.504 e. The highest BCUT2D eigenvalue weighted by atomic mass is 32.1. The van der Waals surface area contributed by atoms with Crippen LogP contribution in [0.4, 0.5) is 0 Å².